The van der Waals surface area contributed by atoms with Crippen molar-refractivity contribution in [2.24, 2.45) is 5.73 Å². The second-order valence-electron chi connectivity index (χ2n) is 7.74. The molecular weight excluding hydrogens is 372 g/mol. The number of nitrogens with one attached hydrogen (secondary N) is 1. The Kier molecular flexibility index (Phi) is 19.3. The summed E-state index contributed by atoms with van der Waals surface area (Å²) in [4.78, 5) is 22.9. The third-order valence-electron chi connectivity index (χ3n) is 4.92. The molecule has 0 radical (unpaired) electrons. The Morgan fingerprint density at radius 2 is 1.59 bits per heavy atom. The molecule has 7 heteroatoms. The Bertz CT molecular complexity index is 407. The molecule has 0 amide bonds. The van der Waals surface area contributed by atoms with Crippen molar-refractivity contribution in [3.63, 3.8) is 0 Å². The highest BCUT2D eigenvalue weighted by atomic mass is 16.5. The van der Waals surface area contributed by atoms with E-state index in [4.69, 9.17) is 10.5 Å². The molecular formula is C22H44N2O5. The van der Waals surface area contributed by atoms with Gasteiger partial charge in [0.25, 0.3) is 0 Å². The largest absolute Gasteiger partial charge is 0.468 e. The van der Waals surface area contributed by atoms with Gasteiger partial charge < -0.3 is 25.6 Å². The zero-order chi connectivity index (χ0) is 21.7. The highest BCUT2D eigenvalue weighted by Gasteiger charge is 2.12. The van der Waals surface area contributed by atoms with Crippen LogP contribution in [0.15, 0.2) is 0 Å². The summed E-state index contributed by atoms with van der Waals surface area (Å²) in [6.07, 6.45) is 12.8. The van der Waals surface area contributed by atoms with Crippen molar-refractivity contribution in [2.75, 3.05) is 26.8 Å². The molecule has 0 bridgehead atoms. The maximum absolute atomic E-state index is 11.7. The number of unbranched alkanes of at least 4 members (excludes halogenated alkanes) is 9. The van der Waals surface area contributed by atoms with Crippen LogP contribution in [0.2, 0.25) is 0 Å². The number of methoxy groups -OCH3 is 1. The lowest BCUT2D eigenvalue weighted by molar-refractivity contribution is -0.146. The van der Waals surface area contributed by atoms with E-state index in [1.807, 2.05) is 0 Å². The Hall–Kier alpha value is -1.18. The van der Waals surface area contributed by atoms with Crippen molar-refractivity contribution < 1.29 is 24.2 Å². The van der Waals surface area contributed by atoms with Crippen LogP contribution >= 0.6 is 0 Å². The number of aliphatic hydroxyl groups excluding tert-OH is 1. The molecule has 0 saturated heterocycles. The molecule has 4 N–H and O–H groups in total. The van der Waals surface area contributed by atoms with E-state index in [-0.39, 0.29) is 12.6 Å². The van der Waals surface area contributed by atoms with Crippen LogP contribution in [-0.2, 0) is 19.1 Å². The second-order valence-corrected chi connectivity index (χ2v) is 7.74. The van der Waals surface area contributed by atoms with E-state index in [0.29, 0.717) is 25.9 Å². The van der Waals surface area contributed by atoms with Crippen molar-refractivity contribution in [2.45, 2.75) is 103 Å². The van der Waals surface area contributed by atoms with Gasteiger partial charge in [-0.05, 0) is 25.8 Å². The van der Waals surface area contributed by atoms with E-state index in [9.17, 15) is 14.7 Å². The number of carbonyl (C=O) groups is 2. The minimum Gasteiger partial charge on any atom is -0.468 e. The number of esters is 2. The van der Waals surface area contributed by atoms with Gasteiger partial charge in [0.15, 0.2) is 0 Å². The third-order valence-corrected chi connectivity index (χ3v) is 4.92. The smallest absolute Gasteiger partial charge is 0.322 e. The SMILES string of the molecule is CCCCCCCCCCCC(=O)OCC(O)CNCCCCC(N)C(=O)OC. The molecule has 0 heterocycles. The van der Waals surface area contributed by atoms with Crippen molar-refractivity contribution in [1.82, 2.24) is 5.32 Å². The molecule has 0 saturated carbocycles. The standard InChI is InChI=1S/C22H44N2O5/c1-3-4-5-6-7-8-9-10-11-15-21(26)29-18-19(25)17-24-16-13-12-14-20(23)22(27)28-2/h19-20,24-25H,3-18,23H2,1-2H3. The number of ether oxygens (including phenoxy) is 2. The summed E-state index contributed by atoms with van der Waals surface area (Å²) in [6.45, 7) is 3.32. The van der Waals surface area contributed by atoms with Gasteiger partial charge in [-0.25, -0.2) is 0 Å². The first kappa shape index (κ1) is 27.8. The van der Waals surface area contributed by atoms with E-state index >= 15 is 0 Å². The minimum absolute atomic E-state index is 0.0243. The number of carbonyl (C=O) groups excluding carboxylic acids is 2. The van der Waals surface area contributed by atoms with E-state index < -0.39 is 18.1 Å². The van der Waals surface area contributed by atoms with Crippen LogP contribution in [0.1, 0.15) is 90.4 Å². The Balaban J connectivity index is 3.43. The highest BCUT2D eigenvalue weighted by Crippen LogP contribution is 2.10. The summed E-state index contributed by atoms with van der Waals surface area (Å²) in [5, 5.41) is 13.0. The van der Waals surface area contributed by atoms with Gasteiger partial charge in [-0.2, -0.15) is 0 Å². The van der Waals surface area contributed by atoms with Gasteiger partial charge in [-0.15, -0.1) is 0 Å². The normalized spacial score (nSPS) is 13.1. The summed E-state index contributed by atoms with van der Waals surface area (Å²) in [5.41, 5.74) is 5.66. The molecule has 172 valence electrons. The van der Waals surface area contributed by atoms with Gasteiger partial charge in [0.2, 0.25) is 0 Å². The van der Waals surface area contributed by atoms with Gasteiger partial charge in [0.1, 0.15) is 18.8 Å². The maximum Gasteiger partial charge on any atom is 0.322 e. The first-order valence-electron chi connectivity index (χ1n) is 11.4. The van der Waals surface area contributed by atoms with Gasteiger partial charge in [-0.3, -0.25) is 9.59 Å². The van der Waals surface area contributed by atoms with E-state index in [0.717, 1.165) is 25.7 Å². The summed E-state index contributed by atoms with van der Waals surface area (Å²) in [7, 11) is 1.33. The number of aliphatic hydroxyl groups is 1. The zero-order valence-corrected chi connectivity index (χ0v) is 18.6. The molecule has 2 atom stereocenters. The van der Waals surface area contributed by atoms with Crippen LogP contribution in [0.3, 0.4) is 0 Å². The Morgan fingerprint density at radius 3 is 2.21 bits per heavy atom. The quantitative estimate of drug-likeness (QED) is 0.207. The fourth-order valence-electron chi connectivity index (χ4n) is 3.05. The predicted molar refractivity (Wildman–Crippen MR) is 116 cm³/mol. The average molecular weight is 417 g/mol. The predicted octanol–water partition coefficient (Wildman–Crippen LogP) is 3.07. The lowest BCUT2D eigenvalue weighted by atomic mass is 10.1. The van der Waals surface area contributed by atoms with Crippen molar-refractivity contribution in [3.05, 3.63) is 0 Å². The monoisotopic (exact) mass is 416 g/mol. The minimum atomic E-state index is -0.709. The molecule has 2 unspecified atom stereocenters. The molecule has 0 aliphatic carbocycles. The Labute approximate surface area is 177 Å². The molecule has 0 aromatic carbocycles. The Morgan fingerprint density at radius 1 is 0.966 bits per heavy atom. The molecule has 0 fully saturated rings. The van der Waals surface area contributed by atoms with Crippen LogP contribution in [0.4, 0.5) is 0 Å². The topological polar surface area (TPSA) is 111 Å². The number of rotatable bonds is 20. The molecule has 0 aliphatic rings. The first-order valence-corrected chi connectivity index (χ1v) is 11.4. The fraction of sp³-hybridized carbons (Fsp3) is 0.909. The van der Waals surface area contributed by atoms with Gasteiger partial charge in [0, 0.05) is 13.0 Å². The average Bonchev–Trinajstić information content (AvgIpc) is 2.72. The summed E-state index contributed by atoms with van der Waals surface area (Å²) < 4.78 is 9.70. The van der Waals surface area contributed by atoms with Gasteiger partial charge >= 0.3 is 11.9 Å². The molecule has 0 spiro atoms. The van der Waals surface area contributed by atoms with E-state index in [2.05, 4.69) is 17.0 Å². The fourth-order valence-corrected chi connectivity index (χ4v) is 3.05. The van der Waals surface area contributed by atoms with E-state index in [1.165, 1.54) is 52.1 Å². The lowest BCUT2D eigenvalue weighted by Gasteiger charge is -2.13. The van der Waals surface area contributed by atoms with Crippen LogP contribution in [0.25, 0.3) is 0 Å². The van der Waals surface area contributed by atoms with E-state index in [1.54, 1.807) is 0 Å². The van der Waals surface area contributed by atoms with Crippen LogP contribution in [-0.4, -0.2) is 56.0 Å². The van der Waals surface area contributed by atoms with Crippen LogP contribution in [0, 0.1) is 0 Å². The maximum atomic E-state index is 11.7. The van der Waals surface area contributed by atoms with Gasteiger partial charge in [-0.1, -0.05) is 64.7 Å². The van der Waals surface area contributed by atoms with Crippen molar-refractivity contribution >= 4 is 11.9 Å². The number of hydrogen-bond donors (Lipinski definition) is 3. The molecule has 0 rings (SSSR count). The highest BCUT2D eigenvalue weighted by molar-refractivity contribution is 5.75. The third kappa shape index (κ3) is 18.6. The number of nitrogens with two attached hydrogens (primary N) is 1. The summed E-state index contributed by atoms with van der Waals surface area (Å²) in [6, 6.07) is -0.573. The molecule has 7 nitrogen and oxygen atoms in total. The molecule has 29 heavy (non-hydrogen) atoms. The summed E-state index contributed by atoms with van der Waals surface area (Å²) in [5.74, 6) is -0.624. The molecule has 0 aliphatic heterocycles. The second kappa shape index (κ2) is 20.1. The summed E-state index contributed by atoms with van der Waals surface area (Å²) >= 11 is 0. The van der Waals surface area contributed by atoms with Crippen LogP contribution in [0.5, 0.6) is 0 Å². The van der Waals surface area contributed by atoms with Crippen LogP contribution < -0.4 is 11.1 Å². The molecule has 0 aromatic heterocycles. The van der Waals surface area contributed by atoms with Gasteiger partial charge in [0.05, 0.1) is 7.11 Å². The first-order chi connectivity index (χ1) is 14.0. The number of hydrogen-bond acceptors (Lipinski definition) is 7. The zero-order valence-electron chi connectivity index (χ0n) is 18.6. The van der Waals surface area contributed by atoms with Crippen molar-refractivity contribution in [3.8, 4) is 0 Å². The lowest BCUT2D eigenvalue weighted by Crippen LogP contribution is -2.33. The molecule has 0 aromatic rings. The van der Waals surface area contributed by atoms with Crippen molar-refractivity contribution in [1.29, 1.82) is 0 Å².